The standard InChI is InChI=1S/C22H16F6N4O4/c1-21(9-17(22(26,27)28)35-19(31-21)30-20(33)34)11-7-10(5-6-12(11)23)16-8-15(32-36-16)13-3-2-4-14(29-13)18(24)25/h2-8,17-18H,9H2,1H3,(H,30,31)(H,33,34)/t17-,21-/m0/s1. The quantitative estimate of drug-likeness (QED) is 0.434. The van der Waals surface area contributed by atoms with Gasteiger partial charge in [0, 0.05) is 23.6 Å². The lowest BCUT2D eigenvalue weighted by Crippen LogP contribution is -2.48. The number of hydrogen-bond acceptors (Lipinski definition) is 6. The second-order valence-corrected chi connectivity index (χ2v) is 7.99. The number of amides is 1. The summed E-state index contributed by atoms with van der Waals surface area (Å²) in [5, 5.41) is 14.3. The molecule has 3 aromatic rings. The van der Waals surface area contributed by atoms with Gasteiger partial charge in [-0.2, -0.15) is 13.2 Å². The van der Waals surface area contributed by atoms with E-state index in [2.05, 4.69) is 19.9 Å². The number of hydrogen-bond donors (Lipinski definition) is 2. The number of pyridine rings is 1. The van der Waals surface area contributed by atoms with Gasteiger partial charge in [0.1, 0.15) is 17.2 Å². The number of nitrogens with one attached hydrogen (secondary N) is 1. The van der Waals surface area contributed by atoms with Gasteiger partial charge >= 0.3 is 12.3 Å². The Morgan fingerprint density at radius 1 is 1.19 bits per heavy atom. The zero-order valence-electron chi connectivity index (χ0n) is 18.2. The lowest BCUT2D eigenvalue weighted by atomic mass is 9.84. The average Bonchev–Trinajstić information content (AvgIpc) is 3.28. The van der Waals surface area contributed by atoms with Crippen LogP contribution in [0.15, 0.2) is 52.0 Å². The van der Waals surface area contributed by atoms with E-state index in [1.165, 1.54) is 37.3 Å². The maximum atomic E-state index is 14.9. The molecule has 4 rings (SSSR count). The van der Waals surface area contributed by atoms with Crippen LogP contribution in [0.1, 0.15) is 31.0 Å². The number of carbonyl (C=O) groups is 1. The fourth-order valence-electron chi connectivity index (χ4n) is 3.67. The SMILES string of the molecule is C[C@@]1(c2cc(-c3cc(-c4cccc(C(F)F)n4)no3)ccc2F)C[C@@H](C(F)(F)F)OC(NC(=O)O)=N1. The highest BCUT2D eigenvalue weighted by atomic mass is 19.4. The van der Waals surface area contributed by atoms with Crippen LogP contribution in [0, 0.1) is 5.82 Å². The molecule has 1 aromatic carbocycles. The Morgan fingerprint density at radius 3 is 2.61 bits per heavy atom. The molecule has 3 heterocycles. The van der Waals surface area contributed by atoms with Crippen LogP contribution in [0.5, 0.6) is 0 Å². The minimum atomic E-state index is -4.89. The number of ether oxygens (including phenoxy) is 1. The van der Waals surface area contributed by atoms with Gasteiger partial charge in [-0.05, 0) is 37.3 Å². The monoisotopic (exact) mass is 514 g/mol. The van der Waals surface area contributed by atoms with Gasteiger partial charge in [-0.3, -0.25) is 0 Å². The topological polar surface area (TPSA) is 110 Å². The Bertz CT molecular complexity index is 1330. The normalized spacial score (nSPS) is 20.1. The number of amidine groups is 1. The van der Waals surface area contributed by atoms with E-state index in [1.807, 2.05) is 0 Å². The summed E-state index contributed by atoms with van der Waals surface area (Å²) in [5.74, 6) is -0.861. The molecule has 0 spiro atoms. The van der Waals surface area contributed by atoms with Crippen molar-refractivity contribution in [3.8, 4) is 22.7 Å². The minimum absolute atomic E-state index is 0.0476. The van der Waals surface area contributed by atoms with Crippen LogP contribution in [0.25, 0.3) is 22.7 Å². The van der Waals surface area contributed by atoms with Crippen LogP contribution < -0.4 is 5.32 Å². The summed E-state index contributed by atoms with van der Waals surface area (Å²) in [6.45, 7) is 1.20. The molecule has 190 valence electrons. The second kappa shape index (κ2) is 9.17. The molecule has 1 amide bonds. The summed E-state index contributed by atoms with van der Waals surface area (Å²) in [5.41, 5.74) is -2.28. The van der Waals surface area contributed by atoms with Gasteiger partial charge in [-0.15, -0.1) is 0 Å². The van der Waals surface area contributed by atoms with Crippen LogP contribution in [0.4, 0.5) is 31.1 Å². The van der Waals surface area contributed by atoms with Gasteiger partial charge in [-0.1, -0.05) is 11.2 Å². The molecule has 36 heavy (non-hydrogen) atoms. The van der Waals surface area contributed by atoms with Crippen LogP contribution in [0.2, 0.25) is 0 Å². The molecule has 0 saturated carbocycles. The summed E-state index contributed by atoms with van der Waals surface area (Å²) < 4.78 is 91.1. The van der Waals surface area contributed by atoms with Crippen molar-refractivity contribution in [3.05, 3.63) is 59.5 Å². The van der Waals surface area contributed by atoms with Crippen molar-refractivity contribution < 1.29 is 45.5 Å². The van der Waals surface area contributed by atoms with E-state index in [0.717, 1.165) is 12.1 Å². The van der Waals surface area contributed by atoms with E-state index in [4.69, 9.17) is 9.63 Å². The average molecular weight is 514 g/mol. The lowest BCUT2D eigenvalue weighted by molar-refractivity contribution is -0.208. The Hall–Kier alpha value is -4.10. The van der Waals surface area contributed by atoms with Gasteiger partial charge in [0.2, 0.25) is 0 Å². The Labute approximate surface area is 198 Å². The molecule has 2 N–H and O–H groups in total. The first kappa shape index (κ1) is 25.0. The summed E-state index contributed by atoms with van der Waals surface area (Å²) in [4.78, 5) is 18.7. The third-order valence-corrected chi connectivity index (χ3v) is 5.36. The molecule has 0 bridgehead atoms. The summed E-state index contributed by atoms with van der Waals surface area (Å²) in [7, 11) is 0. The van der Waals surface area contributed by atoms with Crippen molar-refractivity contribution in [2.24, 2.45) is 4.99 Å². The van der Waals surface area contributed by atoms with E-state index >= 15 is 0 Å². The van der Waals surface area contributed by atoms with Gasteiger partial charge < -0.3 is 14.4 Å². The van der Waals surface area contributed by atoms with E-state index in [0.29, 0.717) is 0 Å². The van der Waals surface area contributed by atoms with Gasteiger partial charge in [-0.25, -0.2) is 33.3 Å². The van der Waals surface area contributed by atoms with Gasteiger partial charge in [0.15, 0.2) is 11.9 Å². The van der Waals surface area contributed by atoms with Crippen molar-refractivity contribution in [1.29, 1.82) is 0 Å². The molecule has 0 unspecified atom stereocenters. The Morgan fingerprint density at radius 2 is 1.94 bits per heavy atom. The van der Waals surface area contributed by atoms with Crippen molar-refractivity contribution >= 4 is 12.1 Å². The molecule has 2 aromatic heterocycles. The third kappa shape index (κ3) is 5.11. The Kier molecular flexibility index (Phi) is 6.37. The molecule has 2 atom stereocenters. The number of carboxylic acid groups (broad SMARTS) is 1. The molecule has 0 saturated heterocycles. The molecular formula is C22H16F6N4O4. The molecular weight excluding hydrogens is 498 g/mol. The van der Waals surface area contributed by atoms with Crippen LogP contribution in [-0.4, -0.2) is 39.6 Å². The highest BCUT2D eigenvalue weighted by Gasteiger charge is 2.50. The van der Waals surface area contributed by atoms with Crippen molar-refractivity contribution in [3.63, 3.8) is 0 Å². The summed E-state index contributed by atoms with van der Waals surface area (Å²) >= 11 is 0. The highest BCUT2D eigenvalue weighted by Crippen LogP contribution is 2.42. The van der Waals surface area contributed by atoms with Crippen LogP contribution >= 0.6 is 0 Å². The fourth-order valence-corrected chi connectivity index (χ4v) is 3.67. The number of nitrogens with zero attached hydrogens (tertiary/aromatic N) is 3. The zero-order chi connectivity index (χ0) is 26.3. The minimum Gasteiger partial charge on any atom is -0.465 e. The van der Waals surface area contributed by atoms with E-state index in [-0.39, 0.29) is 28.3 Å². The molecule has 0 radical (unpaired) electrons. The van der Waals surface area contributed by atoms with Crippen molar-refractivity contribution in [1.82, 2.24) is 15.5 Å². The second-order valence-electron chi connectivity index (χ2n) is 7.99. The number of halogens is 6. The van der Waals surface area contributed by atoms with Crippen LogP contribution in [-0.2, 0) is 10.3 Å². The predicted octanol–water partition coefficient (Wildman–Crippen LogP) is 5.67. The summed E-state index contributed by atoms with van der Waals surface area (Å²) in [6, 6.07) is 7.77. The summed E-state index contributed by atoms with van der Waals surface area (Å²) in [6.07, 6.45) is -12.7. The zero-order valence-corrected chi connectivity index (χ0v) is 18.2. The molecule has 14 heteroatoms. The molecule has 8 nitrogen and oxygen atoms in total. The third-order valence-electron chi connectivity index (χ3n) is 5.36. The fraction of sp³-hybridized carbons (Fsp3) is 0.273. The highest BCUT2D eigenvalue weighted by molar-refractivity contribution is 5.90. The largest absolute Gasteiger partial charge is 0.465 e. The van der Waals surface area contributed by atoms with Crippen molar-refractivity contribution in [2.45, 2.75) is 37.6 Å². The number of aliphatic imine (C=N–C) groups is 1. The number of rotatable bonds is 4. The smallest absolute Gasteiger partial charge is 0.425 e. The first-order chi connectivity index (χ1) is 16.9. The predicted molar refractivity (Wildman–Crippen MR) is 112 cm³/mol. The molecule has 0 fully saturated rings. The lowest BCUT2D eigenvalue weighted by Gasteiger charge is -2.36. The first-order valence-electron chi connectivity index (χ1n) is 10.2. The maximum Gasteiger partial charge on any atom is 0.425 e. The molecule has 0 aliphatic carbocycles. The Balaban J connectivity index is 1.73. The number of alkyl halides is 5. The van der Waals surface area contributed by atoms with E-state index in [1.54, 1.807) is 5.32 Å². The van der Waals surface area contributed by atoms with Crippen molar-refractivity contribution in [2.75, 3.05) is 0 Å². The number of aromatic nitrogens is 2. The van der Waals surface area contributed by atoms with Gasteiger partial charge in [0.25, 0.3) is 12.4 Å². The van der Waals surface area contributed by atoms with E-state index in [9.17, 15) is 31.1 Å². The van der Waals surface area contributed by atoms with E-state index < -0.39 is 54.3 Å². The number of benzene rings is 1. The first-order valence-corrected chi connectivity index (χ1v) is 10.2. The maximum absolute atomic E-state index is 14.9. The van der Waals surface area contributed by atoms with Crippen LogP contribution in [0.3, 0.4) is 0 Å². The van der Waals surface area contributed by atoms with Gasteiger partial charge in [0.05, 0.1) is 11.2 Å². The molecule has 1 aliphatic heterocycles. The molecule has 1 aliphatic rings.